The van der Waals surface area contributed by atoms with Gasteiger partial charge >= 0.3 is 0 Å². The van der Waals surface area contributed by atoms with Crippen LogP contribution in [0.3, 0.4) is 0 Å². The third-order valence-corrected chi connectivity index (χ3v) is 5.82. The number of nitrogens with one attached hydrogen (secondary N) is 1. The van der Waals surface area contributed by atoms with E-state index in [1.165, 1.54) is 12.8 Å². The molecule has 0 bridgehead atoms. The molecule has 2 saturated heterocycles. The van der Waals surface area contributed by atoms with Crippen LogP contribution >= 0.6 is 0 Å². The van der Waals surface area contributed by atoms with Crippen molar-refractivity contribution in [2.75, 3.05) is 37.7 Å². The van der Waals surface area contributed by atoms with Gasteiger partial charge in [0.2, 0.25) is 0 Å². The lowest BCUT2D eigenvalue weighted by Crippen LogP contribution is -2.55. The first-order valence-corrected chi connectivity index (χ1v) is 8.37. The van der Waals surface area contributed by atoms with Crippen LogP contribution in [0, 0.1) is 5.41 Å². The lowest BCUT2D eigenvalue weighted by atomic mass is 9.77. The van der Waals surface area contributed by atoms with Crippen molar-refractivity contribution < 1.29 is 8.42 Å². The molecule has 0 spiro atoms. The third kappa shape index (κ3) is 3.42. The fourth-order valence-corrected chi connectivity index (χ4v) is 4.05. The van der Waals surface area contributed by atoms with Crippen molar-refractivity contribution in [2.45, 2.75) is 32.7 Å². The van der Waals surface area contributed by atoms with Crippen molar-refractivity contribution in [2.24, 2.45) is 5.41 Å². The summed E-state index contributed by atoms with van der Waals surface area (Å²) in [7, 11) is -2.75. The van der Waals surface area contributed by atoms with Crippen LogP contribution in [-0.4, -0.2) is 57.0 Å². The van der Waals surface area contributed by atoms with E-state index in [0.717, 1.165) is 13.1 Å². The standard InChI is InChI=1S/C12H24N2O2S/c1-12(2)4-3-5-13-11(12)10-14-6-8-17(15,16)9-7-14/h11,13H,3-10H2,1-2H3. The maximum absolute atomic E-state index is 11.4. The monoisotopic (exact) mass is 260 g/mol. The highest BCUT2D eigenvalue weighted by molar-refractivity contribution is 7.91. The summed E-state index contributed by atoms with van der Waals surface area (Å²) in [6.45, 7) is 8.12. The summed E-state index contributed by atoms with van der Waals surface area (Å²) in [5, 5.41) is 3.59. The van der Waals surface area contributed by atoms with Gasteiger partial charge in [-0.3, -0.25) is 4.90 Å². The average Bonchev–Trinajstić information content (AvgIpc) is 2.24. The molecule has 1 unspecified atom stereocenters. The van der Waals surface area contributed by atoms with Crippen LogP contribution in [0.2, 0.25) is 0 Å². The Balaban J connectivity index is 1.89. The second-order valence-corrected chi connectivity index (χ2v) is 8.35. The first-order valence-electron chi connectivity index (χ1n) is 6.55. The van der Waals surface area contributed by atoms with Gasteiger partial charge in [-0.2, -0.15) is 0 Å². The zero-order valence-electron chi connectivity index (χ0n) is 10.9. The minimum atomic E-state index is -2.75. The van der Waals surface area contributed by atoms with E-state index in [2.05, 4.69) is 24.1 Å². The molecule has 0 aromatic carbocycles. The van der Waals surface area contributed by atoms with Crippen molar-refractivity contribution in [1.82, 2.24) is 10.2 Å². The molecule has 2 rings (SSSR count). The van der Waals surface area contributed by atoms with E-state index in [4.69, 9.17) is 0 Å². The topological polar surface area (TPSA) is 49.4 Å². The Hall–Kier alpha value is -0.130. The highest BCUT2D eigenvalue weighted by Crippen LogP contribution is 2.30. The number of rotatable bonds is 2. The van der Waals surface area contributed by atoms with Crippen molar-refractivity contribution in [3.63, 3.8) is 0 Å². The van der Waals surface area contributed by atoms with E-state index in [1.807, 2.05) is 0 Å². The van der Waals surface area contributed by atoms with Crippen molar-refractivity contribution >= 4 is 9.84 Å². The maximum Gasteiger partial charge on any atom is 0.152 e. The average molecular weight is 260 g/mol. The van der Waals surface area contributed by atoms with Crippen molar-refractivity contribution in [3.8, 4) is 0 Å². The molecular formula is C12H24N2O2S. The van der Waals surface area contributed by atoms with Gasteiger partial charge in [-0.05, 0) is 24.8 Å². The highest BCUT2D eigenvalue weighted by atomic mass is 32.2. The molecule has 17 heavy (non-hydrogen) atoms. The molecule has 100 valence electrons. The summed E-state index contributed by atoms with van der Waals surface area (Å²) in [6.07, 6.45) is 2.51. The van der Waals surface area contributed by atoms with E-state index >= 15 is 0 Å². The molecule has 1 atom stereocenters. The van der Waals surface area contributed by atoms with Crippen LogP contribution in [-0.2, 0) is 9.84 Å². The summed E-state index contributed by atoms with van der Waals surface area (Å²) in [4.78, 5) is 2.30. The minimum absolute atomic E-state index is 0.328. The number of hydrogen-bond acceptors (Lipinski definition) is 4. The molecule has 2 aliphatic rings. The molecule has 1 N–H and O–H groups in total. The van der Waals surface area contributed by atoms with Crippen LogP contribution in [0.5, 0.6) is 0 Å². The summed E-state index contributed by atoms with van der Waals surface area (Å²) < 4.78 is 22.7. The molecule has 0 aliphatic carbocycles. The Bertz CT molecular complexity index is 351. The zero-order valence-corrected chi connectivity index (χ0v) is 11.7. The third-order valence-electron chi connectivity index (χ3n) is 4.21. The molecule has 2 aliphatic heterocycles. The molecule has 0 aromatic rings. The lowest BCUT2D eigenvalue weighted by molar-refractivity contribution is 0.130. The fraction of sp³-hybridized carbons (Fsp3) is 1.00. The second-order valence-electron chi connectivity index (χ2n) is 6.05. The molecular weight excluding hydrogens is 236 g/mol. The number of sulfone groups is 1. The Labute approximate surface area is 105 Å². The Morgan fingerprint density at radius 1 is 1.29 bits per heavy atom. The molecule has 0 radical (unpaired) electrons. The Morgan fingerprint density at radius 2 is 1.94 bits per heavy atom. The first-order chi connectivity index (χ1) is 7.89. The van der Waals surface area contributed by atoms with Crippen LogP contribution in [0.1, 0.15) is 26.7 Å². The van der Waals surface area contributed by atoms with E-state index < -0.39 is 9.84 Å². The molecule has 2 fully saturated rings. The van der Waals surface area contributed by atoms with Crippen molar-refractivity contribution in [3.05, 3.63) is 0 Å². The Kier molecular flexibility index (Phi) is 3.80. The van der Waals surface area contributed by atoms with Crippen LogP contribution in [0.4, 0.5) is 0 Å². The van der Waals surface area contributed by atoms with Crippen LogP contribution in [0.15, 0.2) is 0 Å². The summed E-state index contributed by atoms with van der Waals surface area (Å²) in [6, 6.07) is 0.497. The summed E-state index contributed by atoms with van der Waals surface area (Å²) in [5.74, 6) is 0.667. The molecule has 2 heterocycles. The lowest BCUT2D eigenvalue weighted by Gasteiger charge is -2.42. The molecule has 0 aromatic heterocycles. The van der Waals surface area contributed by atoms with E-state index in [0.29, 0.717) is 36.1 Å². The van der Waals surface area contributed by atoms with Gasteiger partial charge in [-0.15, -0.1) is 0 Å². The van der Waals surface area contributed by atoms with Crippen LogP contribution < -0.4 is 5.32 Å². The molecule has 0 amide bonds. The van der Waals surface area contributed by atoms with Gasteiger partial charge in [0, 0.05) is 25.7 Å². The van der Waals surface area contributed by atoms with E-state index in [1.54, 1.807) is 0 Å². The van der Waals surface area contributed by atoms with Gasteiger partial charge in [-0.25, -0.2) is 8.42 Å². The normalized spacial score (nSPS) is 33.4. The van der Waals surface area contributed by atoms with Gasteiger partial charge in [0.1, 0.15) is 0 Å². The van der Waals surface area contributed by atoms with E-state index in [-0.39, 0.29) is 0 Å². The first kappa shape index (κ1) is 13.3. The SMILES string of the molecule is CC1(C)CCCNC1CN1CCS(=O)(=O)CC1. The summed E-state index contributed by atoms with van der Waals surface area (Å²) in [5.41, 5.74) is 0.328. The quantitative estimate of drug-likeness (QED) is 0.785. The van der Waals surface area contributed by atoms with Crippen molar-refractivity contribution in [1.29, 1.82) is 0 Å². The van der Waals surface area contributed by atoms with Gasteiger partial charge in [0.15, 0.2) is 9.84 Å². The summed E-state index contributed by atoms with van der Waals surface area (Å²) >= 11 is 0. The van der Waals surface area contributed by atoms with Gasteiger partial charge < -0.3 is 5.32 Å². The molecule has 5 heteroatoms. The van der Waals surface area contributed by atoms with Crippen LogP contribution in [0.25, 0.3) is 0 Å². The van der Waals surface area contributed by atoms with Gasteiger partial charge in [-0.1, -0.05) is 13.8 Å². The number of hydrogen-bond donors (Lipinski definition) is 1. The fourth-order valence-electron chi connectivity index (χ4n) is 2.77. The molecule has 4 nitrogen and oxygen atoms in total. The second kappa shape index (κ2) is 4.86. The largest absolute Gasteiger partial charge is 0.312 e. The highest BCUT2D eigenvalue weighted by Gasteiger charge is 2.34. The van der Waals surface area contributed by atoms with Gasteiger partial charge in [0.25, 0.3) is 0 Å². The Morgan fingerprint density at radius 3 is 2.53 bits per heavy atom. The maximum atomic E-state index is 11.4. The van der Waals surface area contributed by atoms with E-state index in [9.17, 15) is 8.42 Å². The number of nitrogens with zero attached hydrogens (tertiary/aromatic N) is 1. The molecule has 0 saturated carbocycles. The zero-order chi connectivity index (χ0) is 12.5. The number of piperidine rings is 1. The smallest absolute Gasteiger partial charge is 0.152 e. The predicted molar refractivity (Wildman–Crippen MR) is 69.9 cm³/mol. The van der Waals surface area contributed by atoms with Gasteiger partial charge in [0.05, 0.1) is 11.5 Å². The minimum Gasteiger partial charge on any atom is -0.312 e. The predicted octanol–water partition coefficient (Wildman–Crippen LogP) is 0.495.